The van der Waals surface area contributed by atoms with Gasteiger partial charge >= 0.3 is 5.97 Å². The highest BCUT2D eigenvalue weighted by Gasteiger charge is 2.20. The molecule has 37 heavy (non-hydrogen) atoms. The highest BCUT2D eigenvalue weighted by molar-refractivity contribution is 5.94. The summed E-state index contributed by atoms with van der Waals surface area (Å²) in [4.78, 5) is 12.3. The average molecular weight is 514 g/mol. The molecule has 3 aromatic carbocycles. The van der Waals surface area contributed by atoms with Gasteiger partial charge in [-0.25, -0.2) is 13.2 Å². The van der Waals surface area contributed by atoms with Gasteiger partial charge in [0, 0.05) is 47.5 Å². The van der Waals surface area contributed by atoms with E-state index in [9.17, 15) is 9.18 Å². The SMILES string of the molecule is COCC(C)OC(=O)Cc1ccc(F)cc1OCc1cc(-c2cccc(CN)c2F)c2occc2c1F. The summed E-state index contributed by atoms with van der Waals surface area (Å²) in [6.45, 7) is 1.59. The molecule has 9 heteroatoms. The fraction of sp³-hybridized carbons (Fsp3) is 0.250. The van der Waals surface area contributed by atoms with Gasteiger partial charge in [0.05, 0.1) is 24.7 Å². The minimum atomic E-state index is -0.617. The maximum absolute atomic E-state index is 15.3. The molecule has 194 valence electrons. The highest BCUT2D eigenvalue weighted by Crippen LogP contribution is 2.36. The molecule has 4 aromatic rings. The molecule has 0 bridgehead atoms. The first kappa shape index (κ1) is 26.2. The Kier molecular flexibility index (Phi) is 8.15. The number of carbonyl (C=O) groups is 1. The Morgan fingerprint density at radius 1 is 1.00 bits per heavy atom. The zero-order valence-electron chi connectivity index (χ0n) is 20.4. The molecule has 0 saturated heterocycles. The molecule has 1 unspecified atom stereocenters. The number of benzene rings is 3. The van der Waals surface area contributed by atoms with E-state index in [0.29, 0.717) is 16.7 Å². The van der Waals surface area contributed by atoms with Crippen LogP contribution in [0.1, 0.15) is 23.6 Å². The van der Waals surface area contributed by atoms with Gasteiger partial charge in [0.1, 0.15) is 41.5 Å². The maximum Gasteiger partial charge on any atom is 0.310 e. The van der Waals surface area contributed by atoms with Gasteiger partial charge in [-0.3, -0.25) is 4.79 Å². The van der Waals surface area contributed by atoms with Crippen LogP contribution in [-0.2, 0) is 33.8 Å². The lowest BCUT2D eigenvalue weighted by Gasteiger charge is -2.15. The molecular formula is C28H26F3NO5. The van der Waals surface area contributed by atoms with Crippen molar-refractivity contribution in [3.05, 3.63) is 88.9 Å². The first-order valence-electron chi connectivity index (χ1n) is 11.6. The van der Waals surface area contributed by atoms with Crippen LogP contribution in [-0.4, -0.2) is 25.8 Å². The predicted octanol–water partition coefficient (Wildman–Crippen LogP) is 5.68. The number of nitrogens with two attached hydrogens (primary N) is 1. The van der Waals surface area contributed by atoms with E-state index in [2.05, 4.69) is 0 Å². The number of methoxy groups -OCH3 is 1. The summed E-state index contributed by atoms with van der Waals surface area (Å²) in [6, 6.07) is 11.3. The van der Waals surface area contributed by atoms with Gasteiger partial charge in [-0.05, 0) is 25.1 Å². The molecule has 0 saturated carbocycles. The van der Waals surface area contributed by atoms with E-state index >= 15 is 8.78 Å². The Bertz CT molecular complexity index is 1420. The minimum absolute atomic E-state index is 0.00678. The van der Waals surface area contributed by atoms with Crippen LogP contribution in [0.15, 0.2) is 59.2 Å². The van der Waals surface area contributed by atoms with Crippen molar-refractivity contribution in [2.75, 3.05) is 13.7 Å². The van der Waals surface area contributed by atoms with E-state index in [0.717, 1.165) is 6.07 Å². The molecule has 0 amide bonds. The molecule has 0 fully saturated rings. The van der Waals surface area contributed by atoms with Crippen LogP contribution < -0.4 is 10.5 Å². The molecule has 0 aliphatic carbocycles. The van der Waals surface area contributed by atoms with E-state index in [-0.39, 0.29) is 54.0 Å². The van der Waals surface area contributed by atoms with E-state index in [1.807, 2.05) is 0 Å². The third kappa shape index (κ3) is 5.79. The van der Waals surface area contributed by atoms with Crippen LogP contribution in [0.25, 0.3) is 22.1 Å². The van der Waals surface area contributed by atoms with Gasteiger partial charge in [-0.15, -0.1) is 0 Å². The maximum atomic E-state index is 15.3. The summed E-state index contributed by atoms with van der Waals surface area (Å²) in [5.41, 5.74) is 7.10. The Hall–Kier alpha value is -3.82. The van der Waals surface area contributed by atoms with Crippen molar-refractivity contribution in [1.29, 1.82) is 0 Å². The first-order valence-corrected chi connectivity index (χ1v) is 11.6. The van der Waals surface area contributed by atoms with Gasteiger partial charge in [0.25, 0.3) is 0 Å². The van der Waals surface area contributed by atoms with Crippen molar-refractivity contribution in [1.82, 2.24) is 0 Å². The lowest BCUT2D eigenvalue weighted by Crippen LogP contribution is -2.21. The molecule has 1 heterocycles. The van der Waals surface area contributed by atoms with Gasteiger partial charge in [0.15, 0.2) is 0 Å². The summed E-state index contributed by atoms with van der Waals surface area (Å²) in [7, 11) is 1.49. The summed E-state index contributed by atoms with van der Waals surface area (Å²) >= 11 is 0. The first-order chi connectivity index (χ1) is 17.8. The normalized spacial score (nSPS) is 12.1. The fourth-order valence-corrected chi connectivity index (χ4v) is 4.07. The number of carbonyl (C=O) groups excluding carboxylic acids is 1. The van der Waals surface area contributed by atoms with Gasteiger partial charge in [-0.1, -0.05) is 24.3 Å². The van der Waals surface area contributed by atoms with Crippen molar-refractivity contribution >= 4 is 16.9 Å². The number of fused-ring (bicyclic) bond motifs is 1. The van der Waals surface area contributed by atoms with Crippen LogP contribution in [0.4, 0.5) is 13.2 Å². The second-order valence-electron chi connectivity index (χ2n) is 8.52. The summed E-state index contributed by atoms with van der Waals surface area (Å²) in [5, 5.41) is 0.142. The monoisotopic (exact) mass is 513 g/mol. The van der Waals surface area contributed by atoms with Crippen LogP contribution >= 0.6 is 0 Å². The standard InChI is InChI=1S/C28H26F3NO5/c1-16(14-34-2)37-25(33)11-17-6-7-20(29)12-24(17)36-15-19-10-23(28-22(27(19)31)8-9-35-28)21-5-3-4-18(13-32)26(21)30/h3-10,12,16H,11,13-15,32H2,1-2H3. The van der Waals surface area contributed by atoms with E-state index in [4.69, 9.17) is 24.4 Å². The fourth-order valence-electron chi connectivity index (χ4n) is 4.07. The molecule has 0 aliphatic heterocycles. The van der Waals surface area contributed by atoms with E-state index in [1.54, 1.807) is 25.1 Å². The Labute approximate surface area is 211 Å². The summed E-state index contributed by atoms with van der Waals surface area (Å²) in [5.74, 6) is -2.24. The average Bonchev–Trinajstić information content (AvgIpc) is 3.36. The topological polar surface area (TPSA) is 83.9 Å². The number of halogens is 3. The third-order valence-corrected chi connectivity index (χ3v) is 5.82. The van der Waals surface area contributed by atoms with Gasteiger partial charge < -0.3 is 24.4 Å². The molecule has 2 N–H and O–H groups in total. The third-order valence-electron chi connectivity index (χ3n) is 5.82. The van der Waals surface area contributed by atoms with Crippen molar-refractivity contribution in [3.8, 4) is 16.9 Å². The number of rotatable bonds is 10. The second kappa shape index (κ2) is 11.5. The van der Waals surface area contributed by atoms with Crippen molar-refractivity contribution in [3.63, 3.8) is 0 Å². The lowest BCUT2D eigenvalue weighted by atomic mass is 9.97. The minimum Gasteiger partial charge on any atom is -0.488 e. The molecule has 0 radical (unpaired) electrons. The Morgan fingerprint density at radius 2 is 1.81 bits per heavy atom. The lowest BCUT2D eigenvalue weighted by molar-refractivity contribution is -0.149. The molecular weight excluding hydrogens is 487 g/mol. The molecule has 1 aromatic heterocycles. The number of esters is 1. The zero-order valence-corrected chi connectivity index (χ0v) is 20.4. The van der Waals surface area contributed by atoms with Gasteiger partial charge in [0.2, 0.25) is 0 Å². The summed E-state index contributed by atoms with van der Waals surface area (Å²) < 4.78 is 65.9. The number of ether oxygens (including phenoxy) is 3. The Balaban J connectivity index is 1.64. The quantitative estimate of drug-likeness (QED) is 0.275. The Morgan fingerprint density at radius 3 is 2.57 bits per heavy atom. The second-order valence-corrected chi connectivity index (χ2v) is 8.52. The molecule has 0 spiro atoms. The number of hydrogen-bond donors (Lipinski definition) is 1. The van der Waals surface area contributed by atoms with Crippen molar-refractivity contribution < 1.29 is 36.6 Å². The highest BCUT2D eigenvalue weighted by atomic mass is 19.1. The smallest absolute Gasteiger partial charge is 0.310 e. The van der Waals surface area contributed by atoms with Gasteiger partial charge in [-0.2, -0.15) is 0 Å². The predicted molar refractivity (Wildman–Crippen MR) is 131 cm³/mol. The van der Waals surface area contributed by atoms with E-state index in [1.165, 1.54) is 37.6 Å². The largest absolute Gasteiger partial charge is 0.488 e. The molecule has 0 aliphatic rings. The van der Waals surface area contributed by atoms with Crippen LogP contribution in [0, 0.1) is 17.5 Å². The van der Waals surface area contributed by atoms with Crippen LogP contribution in [0.2, 0.25) is 0 Å². The summed E-state index contributed by atoms with van der Waals surface area (Å²) in [6.07, 6.45) is 0.664. The number of hydrogen-bond acceptors (Lipinski definition) is 6. The molecule has 1 atom stereocenters. The van der Waals surface area contributed by atoms with Crippen molar-refractivity contribution in [2.24, 2.45) is 5.73 Å². The van der Waals surface area contributed by atoms with Crippen LogP contribution in [0.3, 0.4) is 0 Å². The molecule has 6 nitrogen and oxygen atoms in total. The van der Waals surface area contributed by atoms with Crippen molar-refractivity contribution in [2.45, 2.75) is 32.6 Å². The van der Waals surface area contributed by atoms with E-state index < -0.39 is 29.5 Å². The van der Waals surface area contributed by atoms with Crippen LogP contribution in [0.5, 0.6) is 5.75 Å². The number of furan rings is 1. The molecule has 4 rings (SSSR count). The zero-order chi connectivity index (χ0) is 26.5.